The van der Waals surface area contributed by atoms with E-state index >= 15 is 0 Å². The van der Waals surface area contributed by atoms with Gasteiger partial charge in [-0.3, -0.25) is 19.1 Å². The van der Waals surface area contributed by atoms with E-state index < -0.39 is 0 Å². The summed E-state index contributed by atoms with van der Waals surface area (Å²) >= 11 is 0. The van der Waals surface area contributed by atoms with E-state index in [4.69, 9.17) is 9.97 Å². The quantitative estimate of drug-likeness (QED) is 0.265. The number of nitrogens with zero attached hydrogens (tertiary/aromatic N) is 6. The minimum atomic E-state index is 0.655. The van der Waals surface area contributed by atoms with E-state index in [2.05, 4.69) is 85.8 Å². The van der Waals surface area contributed by atoms with Crippen LogP contribution in [0, 0.1) is 0 Å². The third-order valence-corrected chi connectivity index (χ3v) is 7.14. The van der Waals surface area contributed by atoms with Gasteiger partial charge in [-0.2, -0.15) is 0 Å². The zero-order valence-corrected chi connectivity index (χ0v) is 20.2. The van der Waals surface area contributed by atoms with Crippen molar-refractivity contribution in [3.63, 3.8) is 0 Å². The van der Waals surface area contributed by atoms with E-state index in [1.54, 1.807) is 0 Å². The lowest BCUT2D eigenvalue weighted by Crippen LogP contribution is -2.06. The first-order valence-electron chi connectivity index (χ1n) is 12.5. The van der Waals surface area contributed by atoms with Gasteiger partial charge in [-0.1, -0.05) is 66.7 Å². The maximum absolute atomic E-state index is 5.11. The van der Waals surface area contributed by atoms with Gasteiger partial charge in [0.1, 0.15) is 11.6 Å². The molecule has 0 aliphatic heterocycles. The zero-order chi connectivity index (χ0) is 25.1. The van der Waals surface area contributed by atoms with Crippen LogP contribution in [0.15, 0.2) is 122 Å². The molecule has 6 heteroatoms. The summed E-state index contributed by atoms with van der Waals surface area (Å²) in [4.78, 5) is 19.1. The van der Waals surface area contributed by atoms with E-state index in [1.165, 1.54) is 0 Å². The molecule has 0 fully saturated rings. The summed E-state index contributed by atoms with van der Waals surface area (Å²) in [5.41, 5.74) is 5.10. The summed E-state index contributed by atoms with van der Waals surface area (Å²) in [6, 6.07) is 33.1. The Hall–Kier alpha value is -5.36. The molecule has 3 aromatic carbocycles. The predicted molar refractivity (Wildman–Crippen MR) is 152 cm³/mol. The fourth-order valence-electron chi connectivity index (χ4n) is 5.50. The molecule has 6 nitrogen and oxygen atoms in total. The minimum absolute atomic E-state index is 0.655. The molecule has 0 spiro atoms. The molecule has 0 radical (unpaired) electrons. The Kier molecular flexibility index (Phi) is 4.42. The second-order valence-corrected chi connectivity index (χ2v) is 9.26. The van der Waals surface area contributed by atoms with E-state index in [0.717, 1.165) is 60.8 Å². The van der Waals surface area contributed by atoms with Crippen molar-refractivity contribution in [1.29, 1.82) is 0 Å². The van der Waals surface area contributed by atoms with Crippen molar-refractivity contribution in [2.45, 2.75) is 0 Å². The number of para-hydroxylation sites is 2. The highest BCUT2D eigenvalue weighted by Gasteiger charge is 2.19. The highest BCUT2D eigenvalue weighted by molar-refractivity contribution is 6.10. The van der Waals surface area contributed by atoms with Crippen molar-refractivity contribution in [2.75, 3.05) is 0 Å². The Bertz CT molecular complexity index is 1900. The molecule has 0 saturated carbocycles. The van der Waals surface area contributed by atoms with Gasteiger partial charge < -0.3 is 0 Å². The molecule has 0 saturated heterocycles. The number of aromatic nitrogens is 6. The summed E-state index contributed by atoms with van der Waals surface area (Å²) in [7, 11) is 0. The highest BCUT2D eigenvalue weighted by atomic mass is 15.1. The standard InChI is InChI=1S/C32H20N6/c1-2-8-21(9-3-1)32-35-30(37-26-12-6-4-10-22(26)24-14-16-33-19-28(24)37)18-31(36-32)38-27-13-7-5-11-23(27)25-15-17-34-20-29(25)38/h1-20H. The number of hydrogen-bond donors (Lipinski definition) is 0. The van der Waals surface area contributed by atoms with Gasteiger partial charge >= 0.3 is 0 Å². The minimum Gasteiger partial charge on any atom is -0.292 e. The van der Waals surface area contributed by atoms with Crippen LogP contribution in [-0.2, 0) is 0 Å². The summed E-state index contributed by atoms with van der Waals surface area (Å²) in [6.45, 7) is 0. The van der Waals surface area contributed by atoms with Gasteiger partial charge in [0.05, 0.1) is 34.5 Å². The SMILES string of the molecule is c1ccc(-c2nc(-n3c4ccccc4c4ccncc43)cc(-n3c4ccccc4c4ccncc43)n2)cc1. The maximum atomic E-state index is 5.11. The van der Waals surface area contributed by atoms with Crippen LogP contribution in [0.2, 0.25) is 0 Å². The van der Waals surface area contributed by atoms with Gasteiger partial charge in [-0.25, -0.2) is 9.97 Å². The van der Waals surface area contributed by atoms with Crippen LogP contribution < -0.4 is 0 Å². The van der Waals surface area contributed by atoms with Gasteiger partial charge in [-0.05, 0) is 24.3 Å². The van der Waals surface area contributed by atoms with Crippen LogP contribution in [0.5, 0.6) is 0 Å². The molecular formula is C32H20N6. The summed E-state index contributed by atoms with van der Waals surface area (Å²) in [5, 5.41) is 4.59. The van der Waals surface area contributed by atoms with Crippen molar-refractivity contribution in [3.8, 4) is 23.0 Å². The Balaban J connectivity index is 1.51. The third-order valence-electron chi connectivity index (χ3n) is 7.14. The molecule has 38 heavy (non-hydrogen) atoms. The lowest BCUT2D eigenvalue weighted by molar-refractivity contribution is 0.991. The number of fused-ring (bicyclic) bond motifs is 6. The van der Waals surface area contributed by atoms with Crippen LogP contribution >= 0.6 is 0 Å². The van der Waals surface area contributed by atoms with Crippen LogP contribution in [0.4, 0.5) is 0 Å². The van der Waals surface area contributed by atoms with Crippen LogP contribution in [0.3, 0.4) is 0 Å². The molecule has 0 unspecified atom stereocenters. The first-order valence-corrected chi connectivity index (χ1v) is 12.5. The van der Waals surface area contributed by atoms with Gasteiger partial charge in [0.25, 0.3) is 0 Å². The molecule has 0 aliphatic carbocycles. The molecule has 8 rings (SSSR count). The second kappa shape index (κ2) is 8.08. The van der Waals surface area contributed by atoms with Crippen molar-refractivity contribution in [3.05, 3.63) is 122 Å². The lowest BCUT2D eigenvalue weighted by atomic mass is 10.2. The number of hydrogen-bond acceptors (Lipinski definition) is 4. The lowest BCUT2D eigenvalue weighted by Gasteiger charge is -2.13. The first kappa shape index (κ1) is 20.8. The molecule has 0 aliphatic rings. The van der Waals surface area contributed by atoms with Gasteiger partial charge in [0.2, 0.25) is 0 Å². The Morgan fingerprint density at radius 1 is 0.447 bits per heavy atom. The Labute approximate surface area is 217 Å². The van der Waals surface area contributed by atoms with Crippen LogP contribution in [0.25, 0.3) is 66.6 Å². The number of pyridine rings is 2. The molecule has 0 bridgehead atoms. The summed E-state index contributed by atoms with van der Waals surface area (Å²) in [5.74, 6) is 2.22. The molecule has 8 aromatic rings. The van der Waals surface area contributed by atoms with Crippen molar-refractivity contribution >= 4 is 43.6 Å². The van der Waals surface area contributed by atoms with E-state index in [9.17, 15) is 0 Å². The second-order valence-electron chi connectivity index (χ2n) is 9.26. The zero-order valence-electron chi connectivity index (χ0n) is 20.2. The first-order chi connectivity index (χ1) is 18.9. The summed E-state index contributed by atoms with van der Waals surface area (Å²) in [6.07, 6.45) is 7.49. The van der Waals surface area contributed by atoms with Gasteiger partial charge in [0.15, 0.2) is 5.82 Å². The van der Waals surface area contributed by atoms with Crippen molar-refractivity contribution in [1.82, 2.24) is 29.1 Å². The maximum Gasteiger partial charge on any atom is 0.163 e. The monoisotopic (exact) mass is 488 g/mol. The van der Waals surface area contributed by atoms with Gasteiger partial charge in [0, 0.05) is 45.6 Å². The largest absolute Gasteiger partial charge is 0.292 e. The normalized spacial score (nSPS) is 11.7. The van der Waals surface area contributed by atoms with Gasteiger partial charge in [-0.15, -0.1) is 0 Å². The Morgan fingerprint density at radius 3 is 1.47 bits per heavy atom. The topological polar surface area (TPSA) is 61.4 Å². The van der Waals surface area contributed by atoms with E-state index in [-0.39, 0.29) is 0 Å². The average molecular weight is 489 g/mol. The number of rotatable bonds is 3. The highest BCUT2D eigenvalue weighted by Crippen LogP contribution is 2.34. The molecule has 5 heterocycles. The van der Waals surface area contributed by atoms with E-state index in [1.807, 2.05) is 55.1 Å². The molecule has 5 aromatic heterocycles. The van der Waals surface area contributed by atoms with Crippen LogP contribution in [0.1, 0.15) is 0 Å². The fraction of sp³-hybridized carbons (Fsp3) is 0. The molecule has 0 amide bonds. The fourth-order valence-corrected chi connectivity index (χ4v) is 5.50. The van der Waals surface area contributed by atoms with Crippen LogP contribution in [-0.4, -0.2) is 29.1 Å². The molecule has 0 N–H and O–H groups in total. The Morgan fingerprint density at radius 2 is 0.921 bits per heavy atom. The summed E-state index contributed by atoms with van der Waals surface area (Å²) < 4.78 is 4.36. The molecule has 0 atom stereocenters. The smallest absolute Gasteiger partial charge is 0.163 e. The number of benzene rings is 3. The molecule has 178 valence electrons. The third kappa shape index (κ3) is 3.01. The predicted octanol–water partition coefficient (Wildman–Crippen LogP) is 7.13. The average Bonchev–Trinajstić information content (AvgIpc) is 3.51. The van der Waals surface area contributed by atoms with Crippen molar-refractivity contribution in [2.24, 2.45) is 0 Å². The van der Waals surface area contributed by atoms with Crippen molar-refractivity contribution < 1.29 is 0 Å². The van der Waals surface area contributed by atoms with E-state index in [0.29, 0.717) is 5.82 Å². The molecular weight excluding hydrogens is 468 g/mol.